The maximum absolute atomic E-state index is 12.5. The minimum atomic E-state index is 0.149. The molecule has 0 aliphatic carbocycles. The Bertz CT molecular complexity index is 1110. The molecule has 4 aromatic rings. The zero-order valence-corrected chi connectivity index (χ0v) is 15.6. The van der Waals surface area contributed by atoms with Crippen molar-refractivity contribution >= 4 is 27.7 Å². The van der Waals surface area contributed by atoms with E-state index in [2.05, 4.69) is 51.7 Å². The average molecular weight is 370 g/mol. The minimum Gasteiger partial charge on any atom is -0.341 e. The summed E-state index contributed by atoms with van der Waals surface area (Å²) in [5.41, 5.74) is 3.21. The van der Waals surface area contributed by atoms with Gasteiger partial charge in [-0.1, -0.05) is 54.6 Å². The summed E-state index contributed by atoms with van der Waals surface area (Å²) >= 11 is 0. The second-order valence-electron chi connectivity index (χ2n) is 7.40. The van der Waals surface area contributed by atoms with Gasteiger partial charge in [-0.25, -0.2) is 4.98 Å². The van der Waals surface area contributed by atoms with E-state index in [-0.39, 0.29) is 11.9 Å². The summed E-state index contributed by atoms with van der Waals surface area (Å²) in [6.07, 6.45) is 0.533. The van der Waals surface area contributed by atoms with Gasteiger partial charge < -0.3 is 15.2 Å². The third kappa shape index (κ3) is 3.25. The molecule has 1 aliphatic heterocycles. The Morgan fingerprint density at radius 1 is 1.04 bits per heavy atom. The Labute approximate surface area is 163 Å². The lowest BCUT2D eigenvalue weighted by atomic mass is 10.0. The summed E-state index contributed by atoms with van der Waals surface area (Å²) in [7, 11) is 0. The van der Waals surface area contributed by atoms with Crippen LogP contribution >= 0.6 is 0 Å². The number of carbonyl (C=O) groups is 1. The summed E-state index contributed by atoms with van der Waals surface area (Å²) in [5.74, 6) is 1.11. The summed E-state index contributed by atoms with van der Waals surface area (Å²) in [5, 5.41) is 5.92. The van der Waals surface area contributed by atoms with Gasteiger partial charge in [0.1, 0.15) is 5.82 Å². The second-order valence-corrected chi connectivity index (χ2v) is 7.40. The van der Waals surface area contributed by atoms with Crippen molar-refractivity contribution in [3.05, 3.63) is 78.1 Å². The van der Waals surface area contributed by atoms with Crippen LogP contribution in [-0.4, -0.2) is 33.4 Å². The SMILES string of the molecule is O=C1CC(NCc2nc3ccccc3[nH]2)CN1Cc1cccc2ccccc12. The number of rotatable bonds is 5. The molecule has 5 heteroatoms. The van der Waals surface area contributed by atoms with Gasteiger partial charge in [0.25, 0.3) is 0 Å². The molecule has 1 aromatic heterocycles. The number of aromatic amines is 1. The van der Waals surface area contributed by atoms with Crippen LogP contribution in [0.2, 0.25) is 0 Å². The number of aromatic nitrogens is 2. The number of para-hydroxylation sites is 2. The molecule has 1 unspecified atom stereocenters. The molecule has 2 N–H and O–H groups in total. The first-order valence-electron chi connectivity index (χ1n) is 9.68. The maximum atomic E-state index is 12.5. The van der Waals surface area contributed by atoms with E-state index in [9.17, 15) is 4.79 Å². The summed E-state index contributed by atoms with van der Waals surface area (Å²) in [6.45, 7) is 2.01. The Morgan fingerprint density at radius 2 is 1.86 bits per heavy atom. The highest BCUT2D eigenvalue weighted by atomic mass is 16.2. The van der Waals surface area contributed by atoms with Crippen molar-refractivity contribution in [2.45, 2.75) is 25.6 Å². The fourth-order valence-corrected chi connectivity index (χ4v) is 4.03. The summed E-state index contributed by atoms with van der Waals surface area (Å²) in [6, 6.07) is 22.8. The maximum Gasteiger partial charge on any atom is 0.224 e. The molecule has 5 nitrogen and oxygen atoms in total. The normalized spacial score (nSPS) is 17.1. The van der Waals surface area contributed by atoms with Crippen molar-refractivity contribution in [3.63, 3.8) is 0 Å². The number of imidazole rings is 1. The van der Waals surface area contributed by atoms with E-state index in [1.807, 2.05) is 35.2 Å². The topological polar surface area (TPSA) is 61.0 Å². The number of nitrogens with one attached hydrogen (secondary N) is 2. The molecule has 1 fully saturated rings. The van der Waals surface area contributed by atoms with E-state index in [4.69, 9.17) is 0 Å². The standard InChI is InChI=1S/C23H22N4O/c28-23-12-18(24-13-22-25-20-10-3-4-11-21(20)26-22)15-27(23)14-17-8-5-7-16-6-1-2-9-19(16)17/h1-11,18,24H,12-15H2,(H,25,26). The monoisotopic (exact) mass is 370 g/mol. The van der Waals surface area contributed by atoms with Gasteiger partial charge in [-0.05, 0) is 28.5 Å². The number of hydrogen-bond donors (Lipinski definition) is 2. The quantitative estimate of drug-likeness (QED) is 0.564. The van der Waals surface area contributed by atoms with Crippen LogP contribution in [0, 0.1) is 0 Å². The second kappa shape index (κ2) is 7.09. The van der Waals surface area contributed by atoms with Crippen molar-refractivity contribution in [3.8, 4) is 0 Å². The van der Waals surface area contributed by atoms with Gasteiger partial charge in [-0.3, -0.25) is 4.79 Å². The molecule has 3 aromatic carbocycles. The Hall–Kier alpha value is -3.18. The van der Waals surface area contributed by atoms with Gasteiger partial charge in [0, 0.05) is 25.6 Å². The number of carbonyl (C=O) groups excluding carboxylic acids is 1. The number of likely N-dealkylation sites (tertiary alicyclic amines) is 1. The van der Waals surface area contributed by atoms with E-state index in [0.29, 0.717) is 19.5 Å². The summed E-state index contributed by atoms with van der Waals surface area (Å²) in [4.78, 5) is 22.4. The Morgan fingerprint density at radius 3 is 2.79 bits per heavy atom. The molecular formula is C23H22N4O. The summed E-state index contributed by atoms with van der Waals surface area (Å²) < 4.78 is 0. The van der Waals surface area contributed by atoms with E-state index in [0.717, 1.165) is 23.4 Å². The van der Waals surface area contributed by atoms with Gasteiger partial charge in [0.05, 0.1) is 17.6 Å². The van der Waals surface area contributed by atoms with E-state index >= 15 is 0 Å². The first-order chi connectivity index (χ1) is 13.8. The predicted molar refractivity (Wildman–Crippen MR) is 111 cm³/mol. The largest absolute Gasteiger partial charge is 0.341 e. The van der Waals surface area contributed by atoms with E-state index in [1.165, 1.54) is 16.3 Å². The first-order valence-corrected chi connectivity index (χ1v) is 9.68. The van der Waals surface area contributed by atoms with Crippen LogP contribution in [-0.2, 0) is 17.9 Å². The molecular weight excluding hydrogens is 348 g/mol. The number of benzene rings is 3. The highest BCUT2D eigenvalue weighted by molar-refractivity contribution is 5.86. The van der Waals surface area contributed by atoms with E-state index < -0.39 is 0 Å². The van der Waals surface area contributed by atoms with Gasteiger partial charge in [-0.2, -0.15) is 0 Å². The Balaban J connectivity index is 1.25. The first kappa shape index (κ1) is 17.0. The number of hydrogen-bond acceptors (Lipinski definition) is 3. The van der Waals surface area contributed by atoms with Crippen LogP contribution in [0.25, 0.3) is 21.8 Å². The van der Waals surface area contributed by atoms with Crippen molar-refractivity contribution < 1.29 is 4.79 Å². The highest BCUT2D eigenvalue weighted by Gasteiger charge is 2.29. The number of amides is 1. The van der Waals surface area contributed by atoms with Crippen LogP contribution in [0.3, 0.4) is 0 Å². The van der Waals surface area contributed by atoms with Crippen LogP contribution < -0.4 is 5.32 Å². The van der Waals surface area contributed by atoms with Crippen molar-refractivity contribution in [2.24, 2.45) is 0 Å². The van der Waals surface area contributed by atoms with Gasteiger partial charge in [-0.15, -0.1) is 0 Å². The third-order valence-electron chi connectivity index (χ3n) is 5.45. The smallest absolute Gasteiger partial charge is 0.224 e. The molecule has 1 saturated heterocycles. The zero-order chi connectivity index (χ0) is 18.9. The van der Waals surface area contributed by atoms with Crippen molar-refractivity contribution in [2.75, 3.05) is 6.54 Å². The number of H-pyrrole nitrogens is 1. The van der Waals surface area contributed by atoms with Crippen LogP contribution in [0.1, 0.15) is 17.8 Å². The molecule has 1 atom stereocenters. The fraction of sp³-hybridized carbons (Fsp3) is 0.217. The molecule has 0 bridgehead atoms. The molecule has 0 radical (unpaired) electrons. The van der Waals surface area contributed by atoms with Crippen LogP contribution in [0.5, 0.6) is 0 Å². The average Bonchev–Trinajstić information content (AvgIpc) is 3.29. The molecule has 0 saturated carbocycles. The van der Waals surface area contributed by atoms with Crippen LogP contribution in [0.15, 0.2) is 66.7 Å². The number of nitrogens with zero attached hydrogens (tertiary/aromatic N) is 2. The van der Waals surface area contributed by atoms with Gasteiger partial charge in [0.2, 0.25) is 5.91 Å². The lowest BCUT2D eigenvalue weighted by molar-refractivity contribution is -0.128. The molecule has 28 heavy (non-hydrogen) atoms. The lowest BCUT2D eigenvalue weighted by Crippen LogP contribution is -2.32. The zero-order valence-electron chi connectivity index (χ0n) is 15.6. The highest BCUT2D eigenvalue weighted by Crippen LogP contribution is 2.22. The van der Waals surface area contributed by atoms with E-state index in [1.54, 1.807) is 0 Å². The third-order valence-corrected chi connectivity index (χ3v) is 5.45. The van der Waals surface area contributed by atoms with Crippen LogP contribution in [0.4, 0.5) is 0 Å². The van der Waals surface area contributed by atoms with Crippen molar-refractivity contribution in [1.82, 2.24) is 20.2 Å². The molecule has 140 valence electrons. The minimum absolute atomic E-state index is 0.149. The molecule has 0 spiro atoms. The Kier molecular flexibility index (Phi) is 4.29. The lowest BCUT2D eigenvalue weighted by Gasteiger charge is -2.18. The fourth-order valence-electron chi connectivity index (χ4n) is 4.03. The molecule has 1 aliphatic rings. The predicted octanol–water partition coefficient (Wildman–Crippen LogP) is 3.61. The molecule has 2 heterocycles. The number of fused-ring (bicyclic) bond motifs is 2. The van der Waals surface area contributed by atoms with Gasteiger partial charge in [0.15, 0.2) is 0 Å². The van der Waals surface area contributed by atoms with Gasteiger partial charge >= 0.3 is 0 Å². The molecule has 1 amide bonds. The molecule has 5 rings (SSSR count). The van der Waals surface area contributed by atoms with Crippen molar-refractivity contribution in [1.29, 1.82) is 0 Å².